The lowest BCUT2D eigenvalue weighted by Crippen LogP contribution is -2.36. The zero-order valence-corrected chi connectivity index (χ0v) is 10.4. The number of nitrogens with one attached hydrogen (secondary N) is 1. The van der Waals surface area contributed by atoms with Gasteiger partial charge in [-0.25, -0.2) is 0 Å². The molecule has 1 atom stereocenters. The molecule has 0 radical (unpaired) electrons. The molecule has 17 heavy (non-hydrogen) atoms. The van der Waals surface area contributed by atoms with E-state index in [1.807, 2.05) is 26.0 Å². The Hall–Kier alpha value is -1.42. The highest BCUT2D eigenvalue weighted by Crippen LogP contribution is 2.09. The number of aliphatic hydroxyl groups is 1. The average molecular weight is 236 g/mol. The molecule has 0 spiro atoms. The zero-order chi connectivity index (χ0) is 12.7. The van der Waals surface area contributed by atoms with Gasteiger partial charge in [-0.15, -0.1) is 0 Å². The number of rotatable bonds is 6. The second-order valence-corrected chi connectivity index (χ2v) is 4.44. The maximum atomic E-state index is 11.7. The Morgan fingerprint density at radius 1 is 1.53 bits per heavy atom. The molecule has 4 nitrogen and oxygen atoms in total. The number of hydrogen-bond acceptors (Lipinski definition) is 3. The molecule has 0 fully saturated rings. The molecule has 0 aromatic carbocycles. The van der Waals surface area contributed by atoms with Crippen molar-refractivity contribution < 1.29 is 9.90 Å². The molecule has 2 N–H and O–H groups in total. The molecule has 1 amide bonds. The van der Waals surface area contributed by atoms with E-state index in [4.69, 9.17) is 5.11 Å². The summed E-state index contributed by atoms with van der Waals surface area (Å²) in [4.78, 5) is 15.7. The van der Waals surface area contributed by atoms with Crippen LogP contribution in [-0.4, -0.2) is 29.1 Å². The highest BCUT2D eigenvalue weighted by Gasteiger charge is 2.20. The fraction of sp³-hybridized carbons (Fsp3) is 0.538. The first-order valence-corrected chi connectivity index (χ1v) is 5.92. The van der Waals surface area contributed by atoms with Gasteiger partial charge in [-0.05, 0) is 24.0 Å². The minimum absolute atomic E-state index is 0.0774. The number of hydrogen-bond donors (Lipinski definition) is 2. The van der Waals surface area contributed by atoms with E-state index in [-0.39, 0.29) is 24.3 Å². The lowest BCUT2D eigenvalue weighted by atomic mass is 9.96. The van der Waals surface area contributed by atoms with E-state index in [0.717, 1.165) is 12.0 Å². The van der Waals surface area contributed by atoms with Crippen molar-refractivity contribution in [3.05, 3.63) is 30.1 Å². The number of carbonyl (C=O) groups excluding carboxylic acids is 1. The third-order valence-corrected chi connectivity index (χ3v) is 2.77. The van der Waals surface area contributed by atoms with Crippen LogP contribution in [0.2, 0.25) is 0 Å². The summed E-state index contributed by atoms with van der Waals surface area (Å²) in [6.07, 6.45) is 4.27. The van der Waals surface area contributed by atoms with E-state index in [1.165, 1.54) is 0 Å². The maximum Gasteiger partial charge on any atom is 0.225 e. The van der Waals surface area contributed by atoms with Gasteiger partial charge in [0.05, 0.1) is 12.5 Å². The van der Waals surface area contributed by atoms with Crippen LogP contribution < -0.4 is 5.32 Å². The first-order valence-electron chi connectivity index (χ1n) is 5.92. The van der Waals surface area contributed by atoms with E-state index in [1.54, 1.807) is 12.4 Å². The minimum Gasteiger partial charge on any atom is -0.396 e. The van der Waals surface area contributed by atoms with Crippen molar-refractivity contribution in [2.24, 2.45) is 11.8 Å². The van der Waals surface area contributed by atoms with Crippen LogP contribution >= 0.6 is 0 Å². The van der Waals surface area contributed by atoms with Gasteiger partial charge in [0.2, 0.25) is 5.91 Å². The smallest absolute Gasteiger partial charge is 0.225 e. The highest BCUT2D eigenvalue weighted by molar-refractivity contribution is 5.78. The molecule has 0 saturated carbocycles. The van der Waals surface area contributed by atoms with Crippen molar-refractivity contribution >= 4 is 5.91 Å². The molecule has 0 aliphatic heterocycles. The molecule has 1 aromatic rings. The van der Waals surface area contributed by atoms with E-state index in [2.05, 4.69) is 10.3 Å². The summed E-state index contributed by atoms with van der Waals surface area (Å²) in [5.74, 6) is -0.242. The molecule has 94 valence electrons. The molecule has 0 aliphatic rings. The number of carbonyl (C=O) groups is 1. The van der Waals surface area contributed by atoms with E-state index < -0.39 is 0 Å². The van der Waals surface area contributed by atoms with Crippen molar-refractivity contribution in [3.63, 3.8) is 0 Å². The van der Waals surface area contributed by atoms with Crippen molar-refractivity contribution in [1.29, 1.82) is 0 Å². The van der Waals surface area contributed by atoms with Crippen LogP contribution in [0.5, 0.6) is 0 Å². The van der Waals surface area contributed by atoms with E-state index in [9.17, 15) is 4.79 Å². The molecular weight excluding hydrogens is 216 g/mol. The standard InChI is InChI=1S/C13H20N2O2/c1-10(2)12(9-16)13(17)15-7-5-11-4-3-6-14-8-11/h3-4,6,8,10,12,16H,5,7,9H2,1-2H3,(H,15,17). The van der Waals surface area contributed by atoms with E-state index in [0.29, 0.717) is 6.54 Å². The first-order chi connectivity index (χ1) is 8.15. The summed E-state index contributed by atoms with van der Waals surface area (Å²) in [5, 5.41) is 11.9. The van der Waals surface area contributed by atoms with Crippen molar-refractivity contribution in [3.8, 4) is 0 Å². The second-order valence-electron chi connectivity index (χ2n) is 4.44. The Morgan fingerprint density at radius 2 is 2.29 bits per heavy atom. The van der Waals surface area contributed by atoms with Gasteiger partial charge >= 0.3 is 0 Å². The van der Waals surface area contributed by atoms with Gasteiger partial charge in [0.1, 0.15) is 0 Å². The van der Waals surface area contributed by atoms with Gasteiger partial charge in [-0.1, -0.05) is 19.9 Å². The molecule has 1 rings (SSSR count). The van der Waals surface area contributed by atoms with E-state index >= 15 is 0 Å². The number of nitrogens with zero attached hydrogens (tertiary/aromatic N) is 1. The molecule has 1 unspecified atom stereocenters. The zero-order valence-electron chi connectivity index (χ0n) is 10.4. The predicted octanol–water partition coefficient (Wildman–Crippen LogP) is 1.00. The molecule has 0 aliphatic carbocycles. The predicted molar refractivity (Wildman–Crippen MR) is 66.4 cm³/mol. The van der Waals surface area contributed by atoms with Gasteiger partial charge in [0.15, 0.2) is 0 Å². The van der Waals surface area contributed by atoms with Gasteiger partial charge < -0.3 is 10.4 Å². The Kier molecular flexibility index (Phi) is 5.63. The van der Waals surface area contributed by atoms with Crippen LogP contribution in [0.15, 0.2) is 24.5 Å². The third kappa shape index (κ3) is 4.53. The quantitative estimate of drug-likeness (QED) is 0.774. The number of aliphatic hydroxyl groups excluding tert-OH is 1. The Bertz CT molecular complexity index is 339. The topological polar surface area (TPSA) is 62.2 Å². The molecule has 0 bridgehead atoms. The summed E-state index contributed by atoms with van der Waals surface area (Å²) < 4.78 is 0. The Balaban J connectivity index is 2.33. The average Bonchev–Trinajstić information content (AvgIpc) is 2.30. The maximum absolute atomic E-state index is 11.7. The highest BCUT2D eigenvalue weighted by atomic mass is 16.3. The second kappa shape index (κ2) is 7.01. The van der Waals surface area contributed by atoms with Gasteiger partial charge in [0, 0.05) is 18.9 Å². The summed E-state index contributed by atoms with van der Waals surface area (Å²) in [6, 6.07) is 3.85. The summed E-state index contributed by atoms with van der Waals surface area (Å²) in [7, 11) is 0. The lowest BCUT2D eigenvalue weighted by Gasteiger charge is -2.17. The third-order valence-electron chi connectivity index (χ3n) is 2.77. The molecule has 4 heteroatoms. The number of pyridine rings is 1. The molecule has 1 aromatic heterocycles. The lowest BCUT2D eigenvalue weighted by molar-refractivity contribution is -0.127. The number of aromatic nitrogens is 1. The molecular formula is C13H20N2O2. The Labute approximate surface area is 102 Å². The van der Waals surface area contributed by atoms with Crippen LogP contribution in [0.3, 0.4) is 0 Å². The summed E-state index contributed by atoms with van der Waals surface area (Å²) in [5.41, 5.74) is 1.10. The Morgan fingerprint density at radius 3 is 2.82 bits per heavy atom. The van der Waals surface area contributed by atoms with Crippen LogP contribution in [0.25, 0.3) is 0 Å². The van der Waals surface area contributed by atoms with Crippen LogP contribution in [0, 0.1) is 11.8 Å². The first kappa shape index (κ1) is 13.6. The summed E-state index contributed by atoms with van der Waals surface area (Å²) >= 11 is 0. The fourth-order valence-corrected chi connectivity index (χ4v) is 1.60. The largest absolute Gasteiger partial charge is 0.396 e. The summed E-state index contributed by atoms with van der Waals surface area (Å²) in [6.45, 7) is 4.34. The fourth-order valence-electron chi connectivity index (χ4n) is 1.60. The molecule has 1 heterocycles. The van der Waals surface area contributed by atoms with Gasteiger partial charge in [-0.2, -0.15) is 0 Å². The van der Waals surface area contributed by atoms with Crippen molar-refractivity contribution in [2.75, 3.05) is 13.2 Å². The van der Waals surface area contributed by atoms with Gasteiger partial charge in [0.25, 0.3) is 0 Å². The normalized spacial score (nSPS) is 12.5. The minimum atomic E-state index is -0.316. The molecule has 0 saturated heterocycles. The van der Waals surface area contributed by atoms with Crippen LogP contribution in [0.4, 0.5) is 0 Å². The van der Waals surface area contributed by atoms with Crippen LogP contribution in [0.1, 0.15) is 19.4 Å². The monoisotopic (exact) mass is 236 g/mol. The van der Waals surface area contributed by atoms with Gasteiger partial charge in [-0.3, -0.25) is 9.78 Å². The van der Waals surface area contributed by atoms with Crippen molar-refractivity contribution in [2.45, 2.75) is 20.3 Å². The van der Waals surface area contributed by atoms with Crippen LogP contribution in [-0.2, 0) is 11.2 Å². The number of amides is 1. The van der Waals surface area contributed by atoms with Crippen molar-refractivity contribution in [1.82, 2.24) is 10.3 Å². The SMILES string of the molecule is CC(C)C(CO)C(=O)NCCc1cccnc1.